The number of nitrogens with one attached hydrogen (secondary N) is 1. The van der Waals surface area contributed by atoms with Gasteiger partial charge in [0.2, 0.25) is 11.8 Å². The second kappa shape index (κ2) is 4.98. The molecule has 1 fully saturated rings. The van der Waals surface area contributed by atoms with E-state index in [2.05, 4.69) is 5.32 Å². The zero-order valence-electron chi connectivity index (χ0n) is 8.88. The minimum atomic E-state index is -0.223. The third-order valence-electron chi connectivity index (χ3n) is 2.51. The maximum Gasteiger partial charge on any atom is 0.242 e. The molecule has 80 valence electrons. The fourth-order valence-corrected chi connectivity index (χ4v) is 1.78. The third kappa shape index (κ3) is 2.47. The van der Waals surface area contributed by atoms with Gasteiger partial charge in [0, 0.05) is 20.0 Å². The van der Waals surface area contributed by atoms with Gasteiger partial charge < -0.3 is 10.2 Å². The van der Waals surface area contributed by atoms with E-state index in [9.17, 15) is 9.59 Å². The van der Waals surface area contributed by atoms with E-state index in [4.69, 9.17) is 0 Å². The SMILES string of the molecule is CCCNC(=O)[C@@H]1CCCN1C(C)=O. The van der Waals surface area contributed by atoms with Crippen LogP contribution in [0.25, 0.3) is 0 Å². The van der Waals surface area contributed by atoms with Crippen molar-refractivity contribution < 1.29 is 9.59 Å². The molecule has 0 aromatic rings. The van der Waals surface area contributed by atoms with Gasteiger partial charge in [0.05, 0.1) is 0 Å². The van der Waals surface area contributed by atoms with Crippen molar-refractivity contribution in [2.24, 2.45) is 0 Å². The van der Waals surface area contributed by atoms with Crippen LogP contribution in [0.15, 0.2) is 0 Å². The highest BCUT2D eigenvalue weighted by molar-refractivity contribution is 5.87. The van der Waals surface area contributed by atoms with Crippen LogP contribution in [0.2, 0.25) is 0 Å². The molecule has 14 heavy (non-hydrogen) atoms. The lowest BCUT2D eigenvalue weighted by Crippen LogP contribution is -2.45. The Morgan fingerprint density at radius 1 is 1.50 bits per heavy atom. The van der Waals surface area contributed by atoms with E-state index in [0.29, 0.717) is 6.54 Å². The van der Waals surface area contributed by atoms with Crippen LogP contribution in [0, 0.1) is 0 Å². The highest BCUT2D eigenvalue weighted by atomic mass is 16.2. The molecule has 4 heteroatoms. The first-order valence-corrected chi connectivity index (χ1v) is 5.21. The third-order valence-corrected chi connectivity index (χ3v) is 2.51. The molecule has 0 unspecified atom stereocenters. The second-order valence-electron chi connectivity index (χ2n) is 3.66. The summed E-state index contributed by atoms with van der Waals surface area (Å²) in [5.41, 5.74) is 0. The Morgan fingerprint density at radius 2 is 2.21 bits per heavy atom. The monoisotopic (exact) mass is 198 g/mol. The number of rotatable bonds is 3. The van der Waals surface area contributed by atoms with Gasteiger partial charge >= 0.3 is 0 Å². The van der Waals surface area contributed by atoms with Gasteiger partial charge in [0.25, 0.3) is 0 Å². The van der Waals surface area contributed by atoms with E-state index in [1.807, 2.05) is 6.92 Å². The predicted octanol–water partition coefficient (Wildman–Crippen LogP) is 0.524. The molecular formula is C10H18N2O2. The van der Waals surface area contributed by atoms with Crippen LogP contribution < -0.4 is 5.32 Å². The van der Waals surface area contributed by atoms with Crippen molar-refractivity contribution in [1.82, 2.24) is 10.2 Å². The minimum absolute atomic E-state index is 0.000417. The van der Waals surface area contributed by atoms with Gasteiger partial charge in [-0.15, -0.1) is 0 Å². The normalized spacial score (nSPS) is 21.0. The molecule has 0 bridgehead atoms. The summed E-state index contributed by atoms with van der Waals surface area (Å²) in [7, 11) is 0. The van der Waals surface area contributed by atoms with Crippen LogP contribution in [0.1, 0.15) is 33.1 Å². The van der Waals surface area contributed by atoms with Crippen molar-refractivity contribution in [3.63, 3.8) is 0 Å². The van der Waals surface area contributed by atoms with Crippen molar-refractivity contribution >= 4 is 11.8 Å². The molecule has 0 aliphatic carbocycles. The first kappa shape index (κ1) is 11.0. The molecule has 0 spiro atoms. The van der Waals surface area contributed by atoms with Gasteiger partial charge in [0.15, 0.2) is 0 Å². The van der Waals surface area contributed by atoms with Gasteiger partial charge in [-0.3, -0.25) is 9.59 Å². The molecular weight excluding hydrogens is 180 g/mol. The van der Waals surface area contributed by atoms with E-state index < -0.39 is 0 Å². The van der Waals surface area contributed by atoms with E-state index in [-0.39, 0.29) is 17.9 Å². The Kier molecular flexibility index (Phi) is 3.92. The lowest BCUT2D eigenvalue weighted by molar-refractivity contribution is -0.136. The van der Waals surface area contributed by atoms with Crippen LogP contribution in [-0.2, 0) is 9.59 Å². The molecule has 1 atom stereocenters. The fourth-order valence-electron chi connectivity index (χ4n) is 1.78. The van der Waals surface area contributed by atoms with Crippen molar-refractivity contribution in [3.05, 3.63) is 0 Å². The number of nitrogens with zero attached hydrogens (tertiary/aromatic N) is 1. The second-order valence-corrected chi connectivity index (χ2v) is 3.66. The molecule has 0 radical (unpaired) electrons. The quantitative estimate of drug-likeness (QED) is 0.719. The highest BCUT2D eigenvalue weighted by Crippen LogP contribution is 2.17. The summed E-state index contributed by atoms with van der Waals surface area (Å²) in [6.07, 6.45) is 2.66. The Bertz CT molecular complexity index is 228. The summed E-state index contributed by atoms with van der Waals surface area (Å²) >= 11 is 0. The first-order valence-electron chi connectivity index (χ1n) is 5.21. The van der Waals surface area contributed by atoms with Crippen LogP contribution in [0.4, 0.5) is 0 Å². The van der Waals surface area contributed by atoms with Gasteiger partial charge in [-0.1, -0.05) is 6.92 Å². The molecule has 0 aromatic heterocycles. The topological polar surface area (TPSA) is 49.4 Å². The Morgan fingerprint density at radius 3 is 2.79 bits per heavy atom. The molecule has 1 rings (SSSR count). The molecule has 1 N–H and O–H groups in total. The molecule has 1 aliphatic heterocycles. The van der Waals surface area contributed by atoms with Gasteiger partial charge in [-0.2, -0.15) is 0 Å². The zero-order chi connectivity index (χ0) is 10.6. The number of carbonyl (C=O) groups is 2. The van der Waals surface area contributed by atoms with Gasteiger partial charge in [0.1, 0.15) is 6.04 Å². The average molecular weight is 198 g/mol. The van der Waals surface area contributed by atoms with E-state index in [0.717, 1.165) is 25.8 Å². The first-order chi connectivity index (χ1) is 6.66. The fraction of sp³-hybridized carbons (Fsp3) is 0.800. The largest absolute Gasteiger partial charge is 0.354 e. The van der Waals surface area contributed by atoms with Crippen molar-refractivity contribution in [1.29, 1.82) is 0 Å². The lowest BCUT2D eigenvalue weighted by atomic mass is 10.2. The standard InChI is InChI=1S/C10H18N2O2/c1-3-6-11-10(14)9-5-4-7-12(9)8(2)13/h9H,3-7H2,1-2H3,(H,11,14)/t9-/m0/s1. The summed E-state index contributed by atoms with van der Waals surface area (Å²) in [4.78, 5) is 24.5. The van der Waals surface area contributed by atoms with Crippen molar-refractivity contribution in [3.8, 4) is 0 Å². The Hall–Kier alpha value is -1.06. The van der Waals surface area contributed by atoms with Gasteiger partial charge in [-0.25, -0.2) is 0 Å². The van der Waals surface area contributed by atoms with Gasteiger partial charge in [-0.05, 0) is 19.3 Å². The summed E-state index contributed by atoms with van der Waals surface area (Å²) in [6, 6.07) is -0.223. The number of carbonyl (C=O) groups excluding carboxylic acids is 2. The van der Waals surface area contributed by atoms with Crippen molar-refractivity contribution in [2.45, 2.75) is 39.2 Å². The van der Waals surface area contributed by atoms with Crippen LogP contribution in [0.3, 0.4) is 0 Å². The van der Waals surface area contributed by atoms with Crippen molar-refractivity contribution in [2.75, 3.05) is 13.1 Å². The minimum Gasteiger partial charge on any atom is -0.354 e. The molecule has 1 aliphatic rings. The average Bonchev–Trinajstić information content (AvgIpc) is 2.62. The molecule has 1 saturated heterocycles. The van der Waals surface area contributed by atoms with Crippen LogP contribution in [-0.4, -0.2) is 35.8 Å². The summed E-state index contributed by atoms with van der Waals surface area (Å²) < 4.78 is 0. The Balaban J connectivity index is 2.49. The number of amides is 2. The lowest BCUT2D eigenvalue weighted by Gasteiger charge is -2.22. The highest BCUT2D eigenvalue weighted by Gasteiger charge is 2.31. The van der Waals surface area contributed by atoms with E-state index in [1.54, 1.807) is 4.90 Å². The molecule has 4 nitrogen and oxygen atoms in total. The van der Waals surface area contributed by atoms with Crippen LogP contribution in [0.5, 0.6) is 0 Å². The maximum atomic E-state index is 11.6. The maximum absolute atomic E-state index is 11.6. The summed E-state index contributed by atoms with van der Waals surface area (Å²) in [5.74, 6) is -0.00121. The zero-order valence-corrected chi connectivity index (χ0v) is 8.88. The summed E-state index contributed by atoms with van der Waals surface area (Å²) in [5, 5.41) is 2.83. The molecule has 0 aromatic carbocycles. The number of likely N-dealkylation sites (tertiary alicyclic amines) is 1. The number of hydrogen-bond donors (Lipinski definition) is 1. The van der Waals surface area contributed by atoms with E-state index >= 15 is 0 Å². The predicted molar refractivity (Wildman–Crippen MR) is 53.7 cm³/mol. The molecule has 2 amide bonds. The van der Waals surface area contributed by atoms with Crippen LogP contribution >= 0.6 is 0 Å². The summed E-state index contributed by atoms with van der Waals surface area (Å²) in [6.45, 7) is 4.95. The van der Waals surface area contributed by atoms with E-state index in [1.165, 1.54) is 6.92 Å². The smallest absolute Gasteiger partial charge is 0.242 e. The molecule has 0 saturated carbocycles. The number of hydrogen-bond acceptors (Lipinski definition) is 2. The molecule has 1 heterocycles. The Labute approximate surface area is 84.7 Å².